The fourth-order valence-corrected chi connectivity index (χ4v) is 8.54. The number of nitrogens with zero attached hydrogens (tertiary/aromatic N) is 7. The summed E-state index contributed by atoms with van der Waals surface area (Å²) in [6, 6.07) is 15.3. The number of halogens is 1. The highest BCUT2D eigenvalue weighted by molar-refractivity contribution is 9.10. The molecule has 8 N–H and O–H groups in total. The van der Waals surface area contributed by atoms with Gasteiger partial charge in [0.05, 0.1) is 76.9 Å². The van der Waals surface area contributed by atoms with Crippen LogP contribution in [0.15, 0.2) is 65.4 Å². The van der Waals surface area contributed by atoms with Gasteiger partial charge >= 0.3 is 5.97 Å². The molecule has 1 fully saturated rings. The first-order valence-corrected chi connectivity index (χ1v) is 24.2. The first kappa shape index (κ1) is 52.2. The van der Waals surface area contributed by atoms with E-state index in [2.05, 4.69) is 64.9 Å². The number of methoxy groups -OCH3 is 2. The van der Waals surface area contributed by atoms with Crippen LogP contribution in [0.5, 0.6) is 11.5 Å². The zero-order valence-electron chi connectivity index (χ0n) is 40.0. The molecule has 0 bridgehead atoms. The first-order valence-electron chi connectivity index (χ1n) is 23.5. The van der Waals surface area contributed by atoms with Gasteiger partial charge in [-0.2, -0.15) is 9.97 Å². The summed E-state index contributed by atoms with van der Waals surface area (Å²) in [6.07, 6.45) is 10.2. The van der Waals surface area contributed by atoms with Crippen molar-refractivity contribution in [1.29, 1.82) is 0 Å². The van der Waals surface area contributed by atoms with Gasteiger partial charge in [0.1, 0.15) is 22.5 Å². The molecule has 6 aromatic rings. The van der Waals surface area contributed by atoms with Gasteiger partial charge in [-0.15, -0.1) is 0 Å². The second kappa shape index (κ2) is 26.0. The van der Waals surface area contributed by atoms with E-state index in [4.69, 9.17) is 30.4 Å². The van der Waals surface area contributed by atoms with Gasteiger partial charge in [0.25, 0.3) is 5.91 Å². The van der Waals surface area contributed by atoms with Crippen LogP contribution in [-0.2, 0) is 38.6 Å². The van der Waals surface area contributed by atoms with E-state index in [0.717, 1.165) is 82.0 Å². The van der Waals surface area contributed by atoms with E-state index < -0.39 is 5.97 Å². The Morgan fingerprint density at radius 1 is 0.768 bits per heavy atom. The topological polar surface area (TPSA) is 252 Å². The van der Waals surface area contributed by atoms with Crippen molar-refractivity contribution < 1.29 is 38.7 Å². The van der Waals surface area contributed by atoms with Crippen molar-refractivity contribution in [3.8, 4) is 11.5 Å². The Bertz CT molecular complexity index is 2620. The van der Waals surface area contributed by atoms with Crippen molar-refractivity contribution in [1.82, 2.24) is 34.0 Å². The summed E-state index contributed by atoms with van der Waals surface area (Å²) in [5, 5.41) is 26.4. The molecule has 1 aliphatic rings. The summed E-state index contributed by atoms with van der Waals surface area (Å²) in [6.45, 7) is 7.07. The number of unbranched alkanes of at least 4 members (excludes halogenated alkanes) is 2. The lowest BCUT2D eigenvalue weighted by Gasteiger charge is -2.26. The van der Waals surface area contributed by atoms with E-state index >= 15 is 0 Å². The van der Waals surface area contributed by atoms with Gasteiger partial charge in [0.2, 0.25) is 11.9 Å². The largest absolute Gasteiger partial charge is 0.496 e. The highest BCUT2D eigenvalue weighted by Crippen LogP contribution is 2.30. The molecule has 372 valence electrons. The fraction of sp³-hybridized carbons (Fsp3) is 0.469. The smallest absolute Gasteiger partial charge is 0.306 e. The summed E-state index contributed by atoms with van der Waals surface area (Å²) in [7, 11) is 3.28. The minimum atomic E-state index is -0.424. The number of nitrogens with one attached hydrogen (secondary N) is 2. The number of ether oxygens (including phenoxy) is 4. The number of aliphatic hydroxyl groups is 2. The van der Waals surface area contributed by atoms with Crippen LogP contribution in [0.1, 0.15) is 75.5 Å². The van der Waals surface area contributed by atoms with E-state index in [1.165, 1.54) is 0 Å². The second-order valence-electron chi connectivity index (χ2n) is 16.8. The molecule has 0 aliphatic carbocycles. The maximum Gasteiger partial charge on any atom is 0.306 e. The van der Waals surface area contributed by atoms with E-state index in [-0.39, 0.29) is 56.1 Å². The third-order valence-electron chi connectivity index (χ3n) is 11.8. The van der Waals surface area contributed by atoms with Crippen LogP contribution in [-0.4, -0.2) is 128 Å². The number of amides is 1. The molecule has 0 radical (unpaired) electrons. The van der Waals surface area contributed by atoms with Gasteiger partial charge in [-0.25, -0.2) is 9.97 Å². The van der Waals surface area contributed by atoms with Gasteiger partial charge < -0.3 is 65.3 Å². The lowest BCUT2D eigenvalue weighted by molar-refractivity contribution is -0.153. The Morgan fingerprint density at radius 2 is 1.29 bits per heavy atom. The van der Waals surface area contributed by atoms with Crippen LogP contribution in [0.2, 0.25) is 0 Å². The predicted octanol–water partition coefficient (Wildman–Crippen LogP) is 6.16. The molecule has 1 amide bonds. The van der Waals surface area contributed by atoms with Crippen LogP contribution in [0.4, 0.5) is 23.5 Å². The van der Waals surface area contributed by atoms with Crippen molar-refractivity contribution in [2.45, 2.75) is 90.4 Å². The van der Waals surface area contributed by atoms with Gasteiger partial charge in [0.15, 0.2) is 18.2 Å². The average Bonchev–Trinajstić information content (AvgIpc) is 3.96. The Morgan fingerprint density at radius 3 is 1.80 bits per heavy atom. The number of anilines is 4. The fourth-order valence-electron chi connectivity index (χ4n) is 8.13. The van der Waals surface area contributed by atoms with Crippen molar-refractivity contribution in [2.24, 2.45) is 0 Å². The number of carbonyl (C=O) groups is 2. The molecule has 0 spiro atoms. The lowest BCUT2D eigenvalue weighted by Crippen LogP contribution is -2.42. The van der Waals surface area contributed by atoms with E-state index in [1.807, 2.05) is 65.5 Å². The van der Waals surface area contributed by atoms with Crippen molar-refractivity contribution in [3.63, 3.8) is 0 Å². The summed E-state index contributed by atoms with van der Waals surface area (Å²) < 4.78 is 26.7. The number of hydrogen-bond donors (Lipinski definition) is 6. The molecule has 19 nitrogen and oxygen atoms in total. The highest BCUT2D eigenvalue weighted by atomic mass is 79.9. The monoisotopic (exact) mass is 1020 g/mol. The van der Waals surface area contributed by atoms with Gasteiger partial charge in [-0.3, -0.25) is 9.59 Å². The standard InChI is InChI=1S/C29H40N6O6.C20H26BrN5O2/c1-3-4-5-22(18-36)31-28-27-23(32-29(30)33-28)10-11-35(27)17-21-16-20(6-8-24(21)39-2)7-9-26(38)41-19-25(37)34-12-14-40-15-13-34;1-3-4-5-15(12-27)23-19-18-16(24-20(22)25-19)8-9-26(18)11-13-10-14(21)6-7-17(13)28-2/h6,8,10-11,16,22,36H,3-5,7,9,12-15,17-19H2,1-2H3,(H3,30,31,32,33);6-10,15,27H,3-5,11-12H2,1-2H3,(H3,22,23,24,25). The Hall–Kier alpha value is -6.22. The van der Waals surface area contributed by atoms with Gasteiger partial charge in [-0.05, 0) is 61.2 Å². The number of carbonyl (C=O) groups excluding carboxylic acids is 2. The van der Waals surface area contributed by atoms with Crippen molar-refractivity contribution in [2.75, 3.05) is 82.4 Å². The Balaban J connectivity index is 0.000000243. The summed E-state index contributed by atoms with van der Waals surface area (Å²) in [5.74, 6) is 2.45. The molecule has 5 heterocycles. The number of nitrogen functional groups attached to an aromatic ring is 2. The molecule has 2 atom stereocenters. The first-order chi connectivity index (χ1) is 33.5. The third kappa shape index (κ3) is 14.4. The third-order valence-corrected chi connectivity index (χ3v) is 12.3. The molecule has 2 aromatic carbocycles. The normalized spacial score (nSPS) is 13.4. The van der Waals surface area contributed by atoms with Crippen molar-refractivity contribution in [3.05, 3.63) is 82.1 Å². The summed E-state index contributed by atoms with van der Waals surface area (Å²) in [4.78, 5) is 43.9. The number of hydrogen-bond acceptors (Lipinski definition) is 16. The van der Waals surface area contributed by atoms with Gasteiger partial charge in [0, 0.05) is 47.5 Å². The average molecular weight is 1020 g/mol. The molecular formula is C49H66BrN11O8. The number of aliphatic hydroxyl groups excluding tert-OH is 2. The minimum absolute atomic E-state index is 0.0220. The maximum absolute atomic E-state index is 12.4. The Labute approximate surface area is 411 Å². The van der Waals surface area contributed by atoms with Crippen LogP contribution in [0.3, 0.4) is 0 Å². The SMILES string of the molecule is CCCCC(CO)Nc1nc(N)nc2ccn(Cc3cc(Br)ccc3OC)c12.CCCCC(CO)Nc1nc(N)nc2ccn(Cc3cc(CCC(=O)OCC(=O)N4CCOCC4)ccc3OC)c12. The number of nitrogens with two attached hydrogens (primary N) is 2. The molecule has 4 aromatic heterocycles. The number of esters is 1. The molecule has 1 saturated heterocycles. The number of benzene rings is 2. The number of rotatable bonds is 23. The molecule has 0 saturated carbocycles. The zero-order chi connectivity index (χ0) is 49.3. The van der Waals surface area contributed by atoms with E-state index in [0.29, 0.717) is 68.7 Å². The number of fused-ring (bicyclic) bond motifs is 2. The van der Waals surface area contributed by atoms with Crippen molar-refractivity contribution >= 4 is 73.4 Å². The van der Waals surface area contributed by atoms with Crippen LogP contribution >= 0.6 is 15.9 Å². The van der Waals surface area contributed by atoms with E-state index in [9.17, 15) is 19.8 Å². The molecule has 2 unspecified atom stereocenters. The maximum atomic E-state index is 12.4. The van der Waals surface area contributed by atoms with Crippen LogP contribution in [0.25, 0.3) is 22.1 Å². The Kier molecular flexibility index (Phi) is 19.6. The summed E-state index contributed by atoms with van der Waals surface area (Å²) in [5.41, 5.74) is 17.8. The minimum Gasteiger partial charge on any atom is -0.496 e. The lowest BCUT2D eigenvalue weighted by atomic mass is 10.1. The zero-order valence-corrected chi connectivity index (χ0v) is 41.5. The van der Waals surface area contributed by atoms with E-state index in [1.54, 1.807) is 19.1 Å². The quantitative estimate of drug-likeness (QED) is 0.0393. The highest BCUT2D eigenvalue weighted by Gasteiger charge is 2.21. The van der Waals surface area contributed by atoms with Crippen LogP contribution < -0.4 is 31.6 Å². The van der Waals surface area contributed by atoms with Gasteiger partial charge in [-0.1, -0.05) is 67.6 Å². The molecule has 69 heavy (non-hydrogen) atoms. The molecule has 20 heteroatoms. The summed E-state index contributed by atoms with van der Waals surface area (Å²) >= 11 is 3.52. The second-order valence-corrected chi connectivity index (χ2v) is 17.7. The molecule has 7 rings (SSSR count). The number of morpholine rings is 1. The van der Waals surface area contributed by atoms with Crippen LogP contribution in [0, 0.1) is 0 Å². The molecule has 1 aliphatic heterocycles. The molecular weight excluding hydrogens is 951 g/mol. The number of aryl methyl sites for hydroxylation is 1. The predicted molar refractivity (Wildman–Crippen MR) is 270 cm³/mol. The number of aromatic nitrogens is 6.